The van der Waals surface area contributed by atoms with E-state index >= 15 is 0 Å². The Hall–Kier alpha value is -2.27. The molecule has 0 saturated heterocycles. The Morgan fingerprint density at radius 1 is 1.21 bits per heavy atom. The van der Waals surface area contributed by atoms with Crippen molar-refractivity contribution in [1.29, 1.82) is 0 Å². The molecule has 0 aliphatic carbocycles. The fraction of sp³-hybridized carbons (Fsp3) is 0.143. The normalized spacial score (nSPS) is 10.2. The van der Waals surface area contributed by atoms with Crippen LogP contribution in [0.3, 0.4) is 0 Å². The quantitative estimate of drug-likeness (QED) is 0.878. The Morgan fingerprint density at radius 2 is 1.89 bits per heavy atom. The lowest BCUT2D eigenvalue weighted by Crippen LogP contribution is -2.23. The summed E-state index contributed by atoms with van der Waals surface area (Å²) in [5, 5.41) is 11.5. The van der Waals surface area contributed by atoms with Crippen LogP contribution >= 0.6 is 0 Å². The maximum atomic E-state index is 13.3. The van der Waals surface area contributed by atoms with Crippen molar-refractivity contribution in [3.05, 3.63) is 65.2 Å². The van der Waals surface area contributed by atoms with Crippen LogP contribution < -0.4 is 5.32 Å². The van der Waals surface area contributed by atoms with E-state index in [1.165, 1.54) is 12.3 Å². The van der Waals surface area contributed by atoms with Gasteiger partial charge in [-0.25, -0.2) is 4.39 Å². The SMILES string of the molecule is O=C(NCc1ccc(CO)cc1)c1ccncc1F. The number of benzene rings is 1. The third-order valence-electron chi connectivity index (χ3n) is 2.68. The lowest BCUT2D eigenvalue weighted by Gasteiger charge is -2.06. The van der Waals surface area contributed by atoms with E-state index in [4.69, 9.17) is 5.11 Å². The molecule has 0 aliphatic rings. The average Bonchev–Trinajstić information content (AvgIpc) is 2.46. The maximum Gasteiger partial charge on any atom is 0.254 e. The minimum absolute atomic E-state index is 0.0190. The highest BCUT2D eigenvalue weighted by molar-refractivity contribution is 5.94. The van der Waals surface area contributed by atoms with Crippen LogP contribution in [0.25, 0.3) is 0 Å². The monoisotopic (exact) mass is 260 g/mol. The number of amides is 1. The predicted molar refractivity (Wildman–Crippen MR) is 67.7 cm³/mol. The number of hydrogen-bond donors (Lipinski definition) is 2. The summed E-state index contributed by atoms with van der Waals surface area (Å²) in [6, 6.07) is 8.48. The number of carbonyl (C=O) groups excluding carboxylic acids is 1. The van der Waals surface area contributed by atoms with E-state index in [-0.39, 0.29) is 12.2 Å². The van der Waals surface area contributed by atoms with Crippen molar-refractivity contribution >= 4 is 5.91 Å². The zero-order valence-electron chi connectivity index (χ0n) is 10.1. The molecule has 0 radical (unpaired) electrons. The van der Waals surface area contributed by atoms with E-state index in [0.29, 0.717) is 6.54 Å². The first-order valence-corrected chi connectivity index (χ1v) is 5.77. The Balaban J connectivity index is 1.98. The number of aromatic nitrogens is 1. The van der Waals surface area contributed by atoms with Gasteiger partial charge in [-0.2, -0.15) is 0 Å². The van der Waals surface area contributed by atoms with Crippen LogP contribution in [-0.4, -0.2) is 16.0 Å². The summed E-state index contributed by atoms with van der Waals surface area (Å²) in [4.78, 5) is 15.3. The topological polar surface area (TPSA) is 62.2 Å². The summed E-state index contributed by atoms with van der Waals surface area (Å²) in [7, 11) is 0. The van der Waals surface area contributed by atoms with Crippen molar-refractivity contribution in [1.82, 2.24) is 10.3 Å². The highest BCUT2D eigenvalue weighted by atomic mass is 19.1. The molecule has 0 atom stereocenters. The van der Waals surface area contributed by atoms with Crippen LogP contribution in [0.2, 0.25) is 0 Å². The van der Waals surface area contributed by atoms with Gasteiger partial charge in [0.25, 0.3) is 5.91 Å². The van der Waals surface area contributed by atoms with E-state index < -0.39 is 11.7 Å². The van der Waals surface area contributed by atoms with Crippen LogP contribution in [-0.2, 0) is 13.2 Å². The smallest absolute Gasteiger partial charge is 0.254 e. The van der Waals surface area contributed by atoms with Gasteiger partial charge >= 0.3 is 0 Å². The molecule has 0 unspecified atom stereocenters. The van der Waals surface area contributed by atoms with E-state index in [2.05, 4.69) is 10.3 Å². The van der Waals surface area contributed by atoms with Crippen molar-refractivity contribution in [2.75, 3.05) is 0 Å². The molecule has 19 heavy (non-hydrogen) atoms. The molecule has 0 spiro atoms. The minimum atomic E-state index is -0.643. The Labute approximate surface area is 109 Å². The zero-order chi connectivity index (χ0) is 13.7. The summed E-state index contributed by atoms with van der Waals surface area (Å²) in [5.41, 5.74) is 1.65. The summed E-state index contributed by atoms with van der Waals surface area (Å²) in [6.45, 7) is 0.279. The fourth-order valence-electron chi connectivity index (χ4n) is 1.60. The van der Waals surface area contributed by atoms with Gasteiger partial charge in [0.05, 0.1) is 18.4 Å². The largest absolute Gasteiger partial charge is 0.392 e. The van der Waals surface area contributed by atoms with E-state index in [1.807, 2.05) is 0 Å². The van der Waals surface area contributed by atoms with Crippen LogP contribution in [0.5, 0.6) is 0 Å². The molecular weight excluding hydrogens is 247 g/mol. The molecule has 0 aliphatic heterocycles. The number of nitrogens with zero attached hydrogens (tertiary/aromatic N) is 1. The van der Waals surface area contributed by atoms with Gasteiger partial charge in [0, 0.05) is 12.7 Å². The Morgan fingerprint density at radius 3 is 2.53 bits per heavy atom. The number of aliphatic hydroxyl groups is 1. The number of aliphatic hydroxyl groups excluding tert-OH is 1. The number of hydrogen-bond acceptors (Lipinski definition) is 3. The average molecular weight is 260 g/mol. The van der Waals surface area contributed by atoms with Crippen molar-refractivity contribution in [2.45, 2.75) is 13.2 Å². The Kier molecular flexibility index (Phi) is 4.20. The Bertz CT molecular complexity index is 570. The van der Waals surface area contributed by atoms with Crippen LogP contribution in [0.15, 0.2) is 42.7 Å². The van der Waals surface area contributed by atoms with Gasteiger partial charge < -0.3 is 10.4 Å². The molecule has 98 valence electrons. The van der Waals surface area contributed by atoms with Gasteiger partial charge in [0.1, 0.15) is 0 Å². The molecule has 1 aromatic heterocycles. The van der Waals surface area contributed by atoms with Crippen molar-refractivity contribution in [3.8, 4) is 0 Å². The number of halogens is 1. The van der Waals surface area contributed by atoms with Gasteiger partial charge in [0.2, 0.25) is 0 Å². The lowest BCUT2D eigenvalue weighted by molar-refractivity contribution is 0.0946. The summed E-state index contributed by atoms with van der Waals surface area (Å²) in [5.74, 6) is -1.12. The highest BCUT2D eigenvalue weighted by Gasteiger charge is 2.10. The van der Waals surface area contributed by atoms with Crippen molar-refractivity contribution in [3.63, 3.8) is 0 Å². The van der Waals surface area contributed by atoms with Gasteiger partial charge in [-0.1, -0.05) is 24.3 Å². The highest BCUT2D eigenvalue weighted by Crippen LogP contribution is 2.06. The summed E-state index contributed by atoms with van der Waals surface area (Å²) >= 11 is 0. The molecule has 5 heteroatoms. The van der Waals surface area contributed by atoms with Gasteiger partial charge in [0.15, 0.2) is 5.82 Å². The number of pyridine rings is 1. The molecule has 0 bridgehead atoms. The van der Waals surface area contributed by atoms with E-state index in [9.17, 15) is 9.18 Å². The first-order valence-electron chi connectivity index (χ1n) is 5.77. The predicted octanol–water partition coefficient (Wildman–Crippen LogP) is 1.64. The second-order valence-corrected chi connectivity index (χ2v) is 4.01. The van der Waals surface area contributed by atoms with E-state index in [0.717, 1.165) is 17.3 Å². The molecule has 2 rings (SSSR count). The zero-order valence-corrected chi connectivity index (χ0v) is 10.1. The molecular formula is C14H13FN2O2. The first kappa shape index (κ1) is 13.2. The molecule has 4 nitrogen and oxygen atoms in total. The molecule has 2 aromatic rings. The van der Waals surface area contributed by atoms with Gasteiger partial charge in [-0.3, -0.25) is 9.78 Å². The summed E-state index contributed by atoms with van der Waals surface area (Å²) < 4.78 is 13.3. The van der Waals surface area contributed by atoms with Crippen molar-refractivity contribution < 1.29 is 14.3 Å². The molecule has 1 amide bonds. The summed E-state index contributed by atoms with van der Waals surface area (Å²) in [6.07, 6.45) is 2.37. The molecule has 1 aromatic carbocycles. The number of carbonyl (C=O) groups is 1. The lowest BCUT2D eigenvalue weighted by atomic mass is 10.1. The third kappa shape index (κ3) is 3.35. The van der Waals surface area contributed by atoms with Crippen LogP contribution in [0.4, 0.5) is 4.39 Å². The third-order valence-corrected chi connectivity index (χ3v) is 2.68. The molecule has 1 heterocycles. The standard InChI is InChI=1S/C14H13FN2O2/c15-13-8-16-6-5-12(13)14(19)17-7-10-1-3-11(9-18)4-2-10/h1-6,8,18H,7,9H2,(H,17,19). The first-order chi connectivity index (χ1) is 9.20. The van der Waals surface area contributed by atoms with Gasteiger partial charge in [-0.05, 0) is 17.2 Å². The number of rotatable bonds is 4. The minimum Gasteiger partial charge on any atom is -0.392 e. The molecule has 0 fully saturated rings. The van der Waals surface area contributed by atoms with E-state index in [1.54, 1.807) is 24.3 Å². The second kappa shape index (κ2) is 6.06. The number of nitrogens with one attached hydrogen (secondary N) is 1. The van der Waals surface area contributed by atoms with Crippen LogP contribution in [0.1, 0.15) is 21.5 Å². The second-order valence-electron chi connectivity index (χ2n) is 4.01. The van der Waals surface area contributed by atoms with Crippen LogP contribution in [0, 0.1) is 5.82 Å². The molecule has 0 saturated carbocycles. The fourth-order valence-corrected chi connectivity index (χ4v) is 1.60. The van der Waals surface area contributed by atoms with Crippen molar-refractivity contribution in [2.24, 2.45) is 0 Å². The maximum absolute atomic E-state index is 13.3. The van der Waals surface area contributed by atoms with Gasteiger partial charge in [-0.15, -0.1) is 0 Å². The molecule has 2 N–H and O–H groups in total.